The highest BCUT2D eigenvalue weighted by molar-refractivity contribution is 5.98. The van der Waals surface area contributed by atoms with Crippen LogP contribution in [0.2, 0.25) is 0 Å². The summed E-state index contributed by atoms with van der Waals surface area (Å²) in [5, 5.41) is 0. The molecule has 0 N–H and O–H groups in total. The van der Waals surface area contributed by atoms with Crippen molar-refractivity contribution >= 4 is 17.4 Å². The molecule has 3 aromatic carbocycles. The van der Waals surface area contributed by atoms with Crippen LogP contribution < -0.4 is 0 Å². The fourth-order valence-electron chi connectivity index (χ4n) is 5.34. The zero-order valence-electron chi connectivity index (χ0n) is 22.0. The number of rotatable bonds is 9. The summed E-state index contributed by atoms with van der Waals surface area (Å²) in [4.78, 5) is 14.5. The van der Waals surface area contributed by atoms with Gasteiger partial charge < -0.3 is 0 Å². The van der Waals surface area contributed by atoms with Gasteiger partial charge in [-0.3, -0.25) is 9.69 Å². The van der Waals surface area contributed by atoms with E-state index >= 15 is 0 Å². The van der Waals surface area contributed by atoms with E-state index in [1.165, 1.54) is 54.6 Å². The van der Waals surface area contributed by atoms with Crippen molar-refractivity contribution in [2.45, 2.75) is 52.5 Å². The lowest BCUT2D eigenvalue weighted by Crippen LogP contribution is -2.33. The van der Waals surface area contributed by atoms with Gasteiger partial charge in [0.1, 0.15) is 0 Å². The fourth-order valence-corrected chi connectivity index (χ4v) is 5.34. The average molecular weight is 478 g/mol. The van der Waals surface area contributed by atoms with Crippen molar-refractivity contribution in [3.8, 4) is 0 Å². The summed E-state index contributed by atoms with van der Waals surface area (Å²) in [7, 11) is 0. The normalized spacial score (nSPS) is 16.4. The van der Waals surface area contributed by atoms with Crippen LogP contribution in [0.5, 0.6) is 0 Å². The summed E-state index contributed by atoms with van der Waals surface area (Å²) in [5.74, 6) is 1.39. The maximum atomic E-state index is 11.9. The Morgan fingerprint density at radius 1 is 0.972 bits per heavy atom. The van der Waals surface area contributed by atoms with E-state index in [1.54, 1.807) is 13.0 Å². The standard InChI is InChI=1S/C34H39NO/c1-26-10-7-8-15-34(26)33(23-28(3)36)17-16-29-13-9-14-32(24-29)27(2)22-30-18-20-35(21-19-30)25-31-11-5-4-6-12-31/h4-17,23-24,27,30H,18-22,25H2,1-3H3/b17-16-,33-23-. The van der Waals surface area contributed by atoms with Gasteiger partial charge in [-0.05, 0) is 97.5 Å². The zero-order chi connectivity index (χ0) is 25.3. The predicted molar refractivity (Wildman–Crippen MR) is 153 cm³/mol. The molecule has 186 valence electrons. The van der Waals surface area contributed by atoms with Crippen LogP contribution in [-0.4, -0.2) is 23.8 Å². The number of allylic oxidation sites excluding steroid dienone is 3. The van der Waals surface area contributed by atoms with E-state index in [9.17, 15) is 4.79 Å². The molecule has 0 aromatic heterocycles. The summed E-state index contributed by atoms with van der Waals surface area (Å²) in [6, 6.07) is 27.9. The summed E-state index contributed by atoms with van der Waals surface area (Å²) >= 11 is 0. The minimum Gasteiger partial charge on any atom is -0.299 e. The smallest absolute Gasteiger partial charge is 0.153 e. The topological polar surface area (TPSA) is 20.3 Å². The zero-order valence-corrected chi connectivity index (χ0v) is 22.0. The number of piperidine rings is 1. The Bertz CT molecular complexity index is 1200. The quantitative estimate of drug-likeness (QED) is 0.229. The molecule has 0 amide bonds. The molecule has 0 spiro atoms. The molecule has 0 saturated carbocycles. The van der Waals surface area contributed by atoms with E-state index < -0.39 is 0 Å². The lowest BCUT2D eigenvalue weighted by molar-refractivity contribution is -0.112. The first-order valence-corrected chi connectivity index (χ1v) is 13.3. The van der Waals surface area contributed by atoms with Crippen molar-refractivity contribution in [2.75, 3.05) is 13.1 Å². The first kappa shape index (κ1) is 25.9. The van der Waals surface area contributed by atoms with Crippen LogP contribution in [0.25, 0.3) is 11.6 Å². The number of hydrogen-bond donors (Lipinski definition) is 0. The molecule has 1 atom stereocenters. The highest BCUT2D eigenvalue weighted by Crippen LogP contribution is 2.31. The van der Waals surface area contributed by atoms with E-state index in [2.05, 4.69) is 97.6 Å². The van der Waals surface area contributed by atoms with Gasteiger partial charge in [0.05, 0.1) is 0 Å². The minimum atomic E-state index is 0.0649. The number of nitrogens with zero attached hydrogens (tertiary/aromatic N) is 1. The van der Waals surface area contributed by atoms with Crippen LogP contribution in [0, 0.1) is 12.8 Å². The minimum absolute atomic E-state index is 0.0649. The Morgan fingerprint density at radius 2 is 1.69 bits per heavy atom. The molecule has 4 rings (SSSR count). The van der Waals surface area contributed by atoms with Crippen molar-refractivity contribution in [1.82, 2.24) is 4.90 Å². The SMILES string of the molecule is CC(=O)/C=C(/C=C\c1cccc(C(C)CC2CCN(Cc3ccccc3)CC2)c1)c1ccccc1C. The average Bonchev–Trinajstić information content (AvgIpc) is 2.89. The Balaban J connectivity index is 1.37. The van der Waals surface area contributed by atoms with Gasteiger partial charge in [-0.25, -0.2) is 0 Å². The number of benzene rings is 3. The molecule has 1 aliphatic rings. The number of aryl methyl sites for hydroxylation is 1. The van der Waals surface area contributed by atoms with E-state index in [0.717, 1.165) is 23.6 Å². The van der Waals surface area contributed by atoms with Gasteiger partial charge in [0.2, 0.25) is 0 Å². The Hall–Kier alpha value is -3.23. The summed E-state index contributed by atoms with van der Waals surface area (Å²) in [5.41, 5.74) is 7.23. The molecule has 36 heavy (non-hydrogen) atoms. The molecule has 2 nitrogen and oxygen atoms in total. The van der Waals surface area contributed by atoms with E-state index in [1.807, 2.05) is 12.1 Å². The largest absolute Gasteiger partial charge is 0.299 e. The number of likely N-dealkylation sites (tertiary alicyclic amines) is 1. The second kappa shape index (κ2) is 12.6. The summed E-state index contributed by atoms with van der Waals surface area (Å²) < 4.78 is 0. The van der Waals surface area contributed by atoms with Crippen molar-refractivity contribution in [2.24, 2.45) is 5.92 Å². The number of carbonyl (C=O) groups excluding carboxylic acids is 1. The van der Waals surface area contributed by atoms with Gasteiger partial charge in [0, 0.05) is 6.54 Å². The van der Waals surface area contributed by atoms with Crippen LogP contribution in [0.4, 0.5) is 0 Å². The van der Waals surface area contributed by atoms with Crippen LogP contribution in [0.3, 0.4) is 0 Å². The molecule has 1 unspecified atom stereocenters. The van der Waals surface area contributed by atoms with Crippen LogP contribution in [0.1, 0.15) is 66.8 Å². The van der Waals surface area contributed by atoms with Crippen molar-refractivity contribution in [3.63, 3.8) is 0 Å². The molecular weight excluding hydrogens is 438 g/mol. The first-order valence-electron chi connectivity index (χ1n) is 13.3. The molecule has 3 aromatic rings. The van der Waals surface area contributed by atoms with E-state index in [0.29, 0.717) is 5.92 Å². The van der Waals surface area contributed by atoms with Crippen LogP contribution in [0.15, 0.2) is 91.0 Å². The lowest BCUT2D eigenvalue weighted by atomic mass is 9.84. The molecule has 0 bridgehead atoms. The Labute approximate surface area is 217 Å². The third-order valence-electron chi connectivity index (χ3n) is 7.39. The molecule has 1 fully saturated rings. The van der Waals surface area contributed by atoms with Crippen molar-refractivity contribution in [1.29, 1.82) is 0 Å². The van der Waals surface area contributed by atoms with Gasteiger partial charge >= 0.3 is 0 Å². The highest BCUT2D eigenvalue weighted by Gasteiger charge is 2.21. The lowest BCUT2D eigenvalue weighted by Gasteiger charge is -2.33. The van der Waals surface area contributed by atoms with Crippen LogP contribution in [-0.2, 0) is 11.3 Å². The second-order valence-corrected chi connectivity index (χ2v) is 10.4. The molecule has 1 saturated heterocycles. The maximum absolute atomic E-state index is 11.9. The van der Waals surface area contributed by atoms with E-state index in [-0.39, 0.29) is 5.78 Å². The van der Waals surface area contributed by atoms with Gasteiger partial charge in [-0.2, -0.15) is 0 Å². The Morgan fingerprint density at radius 3 is 2.42 bits per heavy atom. The van der Waals surface area contributed by atoms with E-state index in [4.69, 9.17) is 0 Å². The maximum Gasteiger partial charge on any atom is 0.153 e. The molecular formula is C34H39NO. The van der Waals surface area contributed by atoms with Crippen molar-refractivity contribution < 1.29 is 4.79 Å². The third kappa shape index (κ3) is 7.38. The summed E-state index contributed by atoms with van der Waals surface area (Å²) in [6.45, 7) is 9.53. The molecule has 1 aliphatic heterocycles. The number of hydrogen-bond acceptors (Lipinski definition) is 2. The third-order valence-corrected chi connectivity index (χ3v) is 7.39. The molecule has 0 radical (unpaired) electrons. The number of carbonyl (C=O) groups is 1. The molecule has 0 aliphatic carbocycles. The number of ketones is 1. The molecule has 1 heterocycles. The van der Waals surface area contributed by atoms with Gasteiger partial charge in [0.25, 0.3) is 0 Å². The van der Waals surface area contributed by atoms with Crippen molar-refractivity contribution in [3.05, 3.63) is 119 Å². The van der Waals surface area contributed by atoms with Crippen LogP contribution >= 0.6 is 0 Å². The molecule has 2 heteroatoms. The monoisotopic (exact) mass is 477 g/mol. The summed E-state index contributed by atoms with van der Waals surface area (Å²) in [6.07, 6.45) is 9.76. The van der Waals surface area contributed by atoms with Gasteiger partial charge in [0.15, 0.2) is 5.78 Å². The fraction of sp³-hybridized carbons (Fsp3) is 0.324. The Kier molecular flexibility index (Phi) is 9.08. The van der Waals surface area contributed by atoms with Gasteiger partial charge in [-0.15, -0.1) is 0 Å². The highest BCUT2D eigenvalue weighted by atomic mass is 16.1. The predicted octanol–water partition coefficient (Wildman–Crippen LogP) is 8.09. The second-order valence-electron chi connectivity index (χ2n) is 10.4. The first-order chi connectivity index (χ1) is 17.5. The van der Waals surface area contributed by atoms with Gasteiger partial charge in [-0.1, -0.05) is 97.9 Å².